The molecule has 0 saturated carbocycles. The van der Waals surface area contributed by atoms with Gasteiger partial charge in [0.1, 0.15) is 11.2 Å². The molecule has 0 bridgehead atoms. The average Bonchev–Trinajstić information content (AvgIpc) is 3.57. The molecule has 0 atom stereocenters. The van der Waals surface area contributed by atoms with Crippen molar-refractivity contribution in [3.05, 3.63) is 93.4 Å². The molecule has 2 amide bonds. The number of rotatable bonds is 6. The summed E-state index contributed by atoms with van der Waals surface area (Å²) in [5, 5.41) is 27.0. The zero-order valence-electron chi connectivity index (χ0n) is 21.9. The van der Waals surface area contributed by atoms with Crippen LogP contribution in [0.1, 0.15) is 43.2 Å². The summed E-state index contributed by atoms with van der Waals surface area (Å²) in [6.07, 6.45) is -3.08. The molecular weight excluding hydrogens is 575 g/mol. The van der Waals surface area contributed by atoms with E-state index in [-0.39, 0.29) is 51.1 Å². The third-order valence-corrected chi connectivity index (χ3v) is 6.56. The van der Waals surface area contributed by atoms with Crippen LogP contribution in [0.25, 0.3) is 16.9 Å². The number of pyridine rings is 1. The van der Waals surface area contributed by atoms with Gasteiger partial charge in [-0.25, -0.2) is 14.3 Å². The monoisotopic (exact) mass is 593 g/mol. The molecule has 0 saturated heterocycles. The summed E-state index contributed by atoms with van der Waals surface area (Å²) in [6, 6.07) is 12.6. The molecule has 0 unspecified atom stereocenters. The molecule has 0 fully saturated rings. The van der Waals surface area contributed by atoms with Crippen LogP contribution in [0.2, 0.25) is 5.02 Å². The maximum atomic E-state index is 13.7. The largest absolute Gasteiger partial charge is 0.416 e. The molecule has 3 heterocycles. The van der Waals surface area contributed by atoms with Crippen LogP contribution in [0.5, 0.6) is 0 Å². The number of benzene rings is 2. The molecule has 2 aromatic carbocycles. The molecule has 11 nitrogen and oxygen atoms in total. The van der Waals surface area contributed by atoms with Gasteiger partial charge in [0.25, 0.3) is 11.8 Å². The van der Waals surface area contributed by atoms with Crippen molar-refractivity contribution < 1.29 is 22.8 Å². The number of anilines is 1. The number of aryl methyl sites for hydroxylation is 1. The van der Waals surface area contributed by atoms with E-state index in [9.17, 15) is 28.0 Å². The second-order valence-electron chi connectivity index (χ2n) is 9.05. The van der Waals surface area contributed by atoms with Crippen molar-refractivity contribution in [3.8, 4) is 11.9 Å². The van der Waals surface area contributed by atoms with Crippen LogP contribution in [0.3, 0.4) is 0 Å². The summed E-state index contributed by atoms with van der Waals surface area (Å²) >= 11 is 6.36. The number of fused-ring (bicyclic) bond motifs is 1. The van der Waals surface area contributed by atoms with Gasteiger partial charge in [0.15, 0.2) is 5.82 Å². The molecule has 42 heavy (non-hydrogen) atoms. The normalized spacial score (nSPS) is 11.4. The number of alkyl halides is 3. The number of nitrogens with zero attached hydrogens (tertiary/aromatic N) is 7. The van der Waals surface area contributed by atoms with Crippen molar-refractivity contribution in [2.75, 3.05) is 12.4 Å². The lowest BCUT2D eigenvalue weighted by atomic mass is 10.0. The highest BCUT2D eigenvalue weighted by atomic mass is 35.5. The van der Waals surface area contributed by atoms with Gasteiger partial charge in [0.2, 0.25) is 0 Å². The van der Waals surface area contributed by atoms with E-state index >= 15 is 0 Å². The second-order valence-corrected chi connectivity index (χ2v) is 9.46. The highest BCUT2D eigenvalue weighted by molar-refractivity contribution is 6.32. The number of nitrogens with one attached hydrogen (secondary N) is 2. The van der Waals surface area contributed by atoms with Crippen LogP contribution in [-0.4, -0.2) is 48.6 Å². The number of carbonyl (C=O) groups excluding carboxylic acids is 2. The first-order valence-corrected chi connectivity index (χ1v) is 12.6. The van der Waals surface area contributed by atoms with Crippen LogP contribution in [0.4, 0.5) is 18.9 Å². The minimum Gasteiger partial charge on any atom is -0.355 e. The fourth-order valence-electron chi connectivity index (χ4n) is 4.29. The number of hydrogen-bond donors (Lipinski definition) is 2. The fourth-order valence-corrected chi connectivity index (χ4v) is 4.49. The molecule has 15 heteroatoms. The van der Waals surface area contributed by atoms with Crippen molar-refractivity contribution in [1.82, 2.24) is 35.1 Å². The lowest BCUT2D eigenvalue weighted by Crippen LogP contribution is -2.24. The molecular formula is C27H19ClF3N9O2. The lowest BCUT2D eigenvalue weighted by molar-refractivity contribution is -0.137. The van der Waals surface area contributed by atoms with E-state index in [1.807, 2.05) is 6.07 Å². The zero-order chi connectivity index (χ0) is 30.2. The second kappa shape index (κ2) is 10.9. The van der Waals surface area contributed by atoms with E-state index in [1.54, 1.807) is 19.1 Å². The summed E-state index contributed by atoms with van der Waals surface area (Å²) in [6.45, 7) is 1.58. The van der Waals surface area contributed by atoms with Crippen molar-refractivity contribution >= 4 is 40.1 Å². The van der Waals surface area contributed by atoms with Crippen LogP contribution >= 0.6 is 11.6 Å². The number of halogens is 4. The van der Waals surface area contributed by atoms with Crippen molar-refractivity contribution in [2.45, 2.75) is 19.6 Å². The van der Waals surface area contributed by atoms with Crippen LogP contribution in [0, 0.1) is 18.3 Å². The van der Waals surface area contributed by atoms with E-state index < -0.39 is 23.6 Å². The number of aromatic nitrogens is 6. The Morgan fingerprint density at radius 3 is 2.60 bits per heavy atom. The van der Waals surface area contributed by atoms with Crippen molar-refractivity contribution in [3.63, 3.8) is 0 Å². The first kappa shape index (κ1) is 28.2. The topological polar surface area (TPSA) is 143 Å². The third kappa shape index (κ3) is 5.37. The Morgan fingerprint density at radius 2 is 1.90 bits per heavy atom. The van der Waals surface area contributed by atoms with Gasteiger partial charge in [0.05, 0.1) is 51.2 Å². The maximum Gasteiger partial charge on any atom is 0.416 e. The highest BCUT2D eigenvalue weighted by Gasteiger charge is 2.31. The van der Waals surface area contributed by atoms with Crippen molar-refractivity contribution in [2.24, 2.45) is 0 Å². The summed E-state index contributed by atoms with van der Waals surface area (Å²) in [5.74, 6) is -1.05. The quantitative estimate of drug-likeness (QED) is 0.294. The van der Waals surface area contributed by atoms with Gasteiger partial charge in [0, 0.05) is 13.2 Å². The predicted octanol–water partition coefficient (Wildman–Crippen LogP) is 4.52. The zero-order valence-corrected chi connectivity index (χ0v) is 22.6. The SMILES string of the molecule is CNC(=O)c1cc(C#N)cc(C)c1NC(=O)c1cc(Cn2nnc3cc(C(F)(F)F)ccc32)nn1-c1ncccc1Cl. The Kier molecular flexibility index (Phi) is 7.36. The summed E-state index contributed by atoms with van der Waals surface area (Å²) in [4.78, 5) is 30.5. The van der Waals surface area contributed by atoms with Crippen molar-refractivity contribution in [1.29, 1.82) is 5.26 Å². The number of amides is 2. The molecule has 212 valence electrons. The Bertz CT molecular complexity index is 1910. The fraction of sp³-hybridized carbons (Fsp3) is 0.148. The van der Waals surface area contributed by atoms with E-state index in [0.29, 0.717) is 11.1 Å². The van der Waals surface area contributed by atoms with Gasteiger partial charge in [-0.15, -0.1) is 5.10 Å². The van der Waals surface area contributed by atoms with Gasteiger partial charge in [-0.1, -0.05) is 16.8 Å². The number of carbonyl (C=O) groups is 2. The minimum atomic E-state index is -4.54. The Labute approximate surface area is 240 Å². The molecule has 0 aliphatic heterocycles. The molecule has 3 aromatic heterocycles. The molecule has 0 aliphatic rings. The summed E-state index contributed by atoms with van der Waals surface area (Å²) < 4.78 is 42.0. The van der Waals surface area contributed by atoms with E-state index in [2.05, 4.69) is 31.0 Å². The molecule has 0 aliphatic carbocycles. The van der Waals surface area contributed by atoms with Gasteiger partial charge < -0.3 is 10.6 Å². The standard InChI is InChI=1S/C27H19ClF3N9O2/c1-14-8-15(12-32)9-18(25(41)33-2)23(14)35-26(42)22-11-17(37-40(22)24-19(28)4-3-7-34-24)13-39-21-6-5-16(27(29,30)31)10-20(21)36-38-39/h3-11H,13H2,1-2H3,(H,33,41)(H,35,42). The van der Waals surface area contributed by atoms with Gasteiger partial charge in [-0.2, -0.15) is 23.5 Å². The van der Waals surface area contributed by atoms with Gasteiger partial charge in [-0.05, 0) is 61.0 Å². The van der Waals surface area contributed by atoms with E-state index in [0.717, 1.165) is 12.1 Å². The molecule has 5 rings (SSSR count). The summed E-state index contributed by atoms with van der Waals surface area (Å²) in [7, 11) is 1.42. The predicted molar refractivity (Wildman–Crippen MR) is 145 cm³/mol. The smallest absolute Gasteiger partial charge is 0.355 e. The van der Waals surface area contributed by atoms with E-state index in [4.69, 9.17) is 11.6 Å². The first-order valence-electron chi connectivity index (χ1n) is 12.2. The third-order valence-electron chi connectivity index (χ3n) is 6.26. The number of nitriles is 1. The number of hydrogen-bond acceptors (Lipinski definition) is 7. The molecule has 2 N–H and O–H groups in total. The maximum absolute atomic E-state index is 13.7. The highest BCUT2D eigenvalue weighted by Crippen LogP contribution is 2.31. The van der Waals surface area contributed by atoms with Gasteiger partial charge >= 0.3 is 6.18 Å². The van der Waals surface area contributed by atoms with Gasteiger partial charge in [-0.3, -0.25) is 9.59 Å². The summed E-state index contributed by atoms with van der Waals surface area (Å²) in [5.41, 5.74) is 0.742. The molecule has 5 aromatic rings. The van der Waals surface area contributed by atoms with E-state index in [1.165, 1.54) is 46.9 Å². The Morgan fingerprint density at radius 1 is 1.12 bits per heavy atom. The minimum absolute atomic E-state index is 0.0130. The molecule has 0 radical (unpaired) electrons. The Hall–Kier alpha value is -5.29. The average molecular weight is 594 g/mol. The van der Waals surface area contributed by atoms with Crippen LogP contribution in [-0.2, 0) is 12.7 Å². The first-order chi connectivity index (χ1) is 20.0. The van der Waals surface area contributed by atoms with Crippen LogP contribution in [0.15, 0.2) is 54.7 Å². The van der Waals surface area contributed by atoms with Crippen LogP contribution < -0.4 is 10.6 Å². The molecule has 0 spiro atoms. The Balaban J connectivity index is 1.56. The lowest BCUT2D eigenvalue weighted by Gasteiger charge is -2.14.